The van der Waals surface area contributed by atoms with Crippen molar-refractivity contribution >= 4 is 11.6 Å². The van der Waals surface area contributed by atoms with E-state index < -0.39 is 0 Å². The molecule has 1 heterocycles. The summed E-state index contributed by atoms with van der Waals surface area (Å²) in [7, 11) is 0. The van der Waals surface area contributed by atoms with Crippen LogP contribution in [0.15, 0.2) is 18.2 Å². The summed E-state index contributed by atoms with van der Waals surface area (Å²) in [6, 6.07) is 4.72. The minimum absolute atomic E-state index is 0.0738. The van der Waals surface area contributed by atoms with E-state index in [0.29, 0.717) is 12.3 Å². The van der Waals surface area contributed by atoms with Crippen molar-refractivity contribution < 1.29 is 9.18 Å². The second-order valence-corrected chi connectivity index (χ2v) is 5.49. The lowest BCUT2D eigenvalue weighted by molar-refractivity contribution is -0.117. The summed E-state index contributed by atoms with van der Waals surface area (Å²) in [5.74, 6) is 0.630. The van der Waals surface area contributed by atoms with E-state index >= 15 is 0 Å². The normalized spacial score (nSPS) is 24.5. The third-order valence-corrected chi connectivity index (χ3v) is 4.31. The number of benzene rings is 1. The highest BCUT2D eigenvalue weighted by Gasteiger charge is 2.32. The monoisotopic (exact) mass is 247 g/mol. The van der Waals surface area contributed by atoms with E-state index in [4.69, 9.17) is 0 Å². The average Bonchev–Trinajstić information content (AvgIpc) is 2.39. The molecule has 0 saturated heterocycles. The van der Waals surface area contributed by atoms with E-state index in [1.165, 1.54) is 38.2 Å². The van der Waals surface area contributed by atoms with Crippen LogP contribution in [0.2, 0.25) is 0 Å². The molecule has 0 radical (unpaired) electrons. The molecule has 3 rings (SSSR count). The van der Waals surface area contributed by atoms with Gasteiger partial charge in [0.15, 0.2) is 0 Å². The molecule has 96 valence electrons. The van der Waals surface area contributed by atoms with E-state index in [-0.39, 0.29) is 17.6 Å². The fraction of sp³-hybridized carbons (Fsp3) is 0.533. The maximum atomic E-state index is 13.4. The van der Waals surface area contributed by atoms with Crippen LogP contribution >= 0.6 is 0 Å². The molecule has 1 fully saturated rings. The largest absolute Gasteiger partial charge is 0.326 e. The van der Waals surface area contributed by atoms with E-state index in [9.17, 15) is 9.18 Å². The highest BCUT2D eigenvalue weighted by Crippen LogP contribution is 2.43. The Balaban J connectivity index is 1.94. The molecule has 0 aromatic heterocycles. The second-order valence-electron chi connectivity index (χ2n) is 5.49. The van der Waals surface area contributed by atoms with Gasteiger partial charge in [-0.1, -0.05) is 19.3 Å². The van der Waals surface area contributed by atoms with Gasteiger partial charge in [0.1, 0.15) is 5.82 Å². The standard InChI is InChI=1S/C15H18FNO/c16-11-6-7-14-13(8-11)12(9-15(18)17-14)10-4-2-1-3-5-10/h6-8,10,12H,1-5,9H2,(H,17,18). The first-order chi connectivity index (χ1) is 8.74. The molecule has 1 unspecified atom stereocenters. The molecule has 1 aliphatic carbocycles. The number of rotatable bonds is 1. The molecule has 18 heavy (non-hydrogen) atoms. The fourth-order valence-corrected chi connectivity index (χ4v) is 3.42. The summed E-state index contributed by atoms with van der Waals surface area (Å²) in [6.45, 7) is 0. The lowest BCUT2D eigenvalue weighted by atomic mass is 9.73. The van der Waals surface area contributed by atoms with Gasteiger partial charge in [0.05, 0.1) is 0 Å². The zero-order valence-corrected chi connectivity index (χ0v) is 10.4. The van der Waals surface area contributed by atoms with E-state index in [2.05, 4.69) is 5.32 Å². The Morgan fingerprint density at radius 3 is 2.72 bits per heavy atom. The molecule has 2 aliphatic rings. The smallest absolute Gasteiger partial charge is 0.225 e. The molecule has 1 saturated carbocycles. The lowest BCUT2D eigenvalue weighted by Gasteiger charge is -2.34. The highest BCUT2D eigenvalue weighted by molar-refractivity contribution is 5.94. The van der Waals surface area contributed by atoms with Crippen molar-refractivity contribution in [2.45, 2.75) is 44.4 Å². The molecule has 1 N–H and O–H groups in total. The Morgan fingerprint density at radius 2 is 1.94 bits per heavy atom. The third kappa shape index (κ3) is 2.14. The Kier molecular flexibility index (Phi) is 3.06. The van der Waals surface area contributed by atoms with Gasteiger partial charge in [0.2, 0.25) is 5.91 Å². The van der Waals surface area contributed by atoms with E-state index in [0.717, 1.165) is 11.3 Å². The number of anilines is 1. The predicted molar refractivity (Wildman–Crippen MR) is 69.0 cm³/mol. The molecular weight excluding hydrogens is 229 g/mol. The van der Waals surface area contributed by atoms with Crippen molar-refractivity contribution in [3.8, 4) is 0 Å². The van der Waals surface area contributed by atoms with Gasteiger partial charge in [0.25, 0.3) is 0 Å². The van der Waals surface area contributed by atoms with E-state index in [1.807, 2.05) is 0 Å². The van der Waals surface area contributed by atoms with Crippen molar-refractivity contribution in [3.05, 3.63) is 29.6 Å². The quantitative estimate of drug-likeness (QED) is 0.802. The van der Waals surface area contributed by atoms with Crippen LogP contribution in [-0.2, 0) is 4.79 Å². The summed E-state index contributed by atoms with van der Waals surface area (Å²) in [5, 5.41) is 2.85. The molecular formula is C15H18FNO. The first-order valence-electron chi connectivity index (χ1n) is 6.83. The minimum Gasteiger partial charge on any atom is -0.326 e. The number of fused-ring (bicyclic) bond motifs is 1. The number of hydrogen-bond acceptors (Lipinski definition) is 1. The summed E-state index contributed by atoms with van der Waals surface area (Å²) in [4.78, 5) is 11.8. The molecule has 1 aliphatic heterocycles. The number of nitrogens with one attached hydrogen (secondary N) is 1. The van der Waals surface area contributed by atoms with Crippen LogP contribution in [0.3, 0.4) is 0 Å². The highest BCUT2D eigenvalue weighted by atomic mass is 19.1. The fourth-order valence-electron chi connectivity index (χ4n) is 3.42. The molecule has 0 bridgehead atoms. The van der Waals surface area contributed by atoms with Crippen LogP contribution in [0.1, 0.15) is 50.0 Å². The zero-order chi connectivity index (χ0) is 12.5. The Morgan fingerprint density at radius 1 is 1.17 bits per heavy atom. The van der Waals surface area contributed by atoms with Crippen molar-refractivity contribution in [1.82, 2.24) is 0 Å². The molecule has 1 amide bonds. The topological polar surface area (TPSA) is 29.1 Å². The summed E-state index contributed by atoms with van der Waals surface area (Å²) in [6.07, 6.45) is 6.65. The van der Waals surface area contributed by atoms with Crippen molar-refractivity contribution in [1.29, 1.82) is 0 Å². The Labute approximate surface area is 107 Å². The van der Waals surface area contributed by atoms with Crippen LogP contribution < -0.4 is 5.32 Å². The number of amides is 1. The predicted octanol–water partition coefficient (Wildman–Crippen LogP) is 3.83. The average molecular weight is 247 g/mol. The molecule has 1 aromatic carbocycles. The number of carbonyl (C=O) groups excluding carboxylic acids is 1. The van der Waals surface area contributed by atoms with Crippen LogP contribution in [0.5, 0.6) is 0 Å². The van der Waals surface area contributed by atoms with Crippen molar-refractivity contribution in [3.63, 3.8) is 0 Å². The molecule has 1 atom stereocenters. The van der Waals surface area contributed by atoms with Gasteiger partial charge < -0.3 is 5.32 Å². The van der Waals surface area contributed by atoms with Gasteiger partial charge in [-0.25, -0.2) is 4.39 Å². The van der Waals surface area contributed by atoms with Crippen LogP contribution in [0.25, 0.3) is 0 Å². The summed E-state index contributed by atoms with van der Waals surface area (Å²) in [5.41, 5.74) is 1.81. The van der Waals surface area contributed by atoms with Gasteiger partial charge in [-0.3, -0.25) is 4.79 Å². The van der Waals surface area contributed by atoms with Gasteiger partial charge in [-0.2, -0.15) is 0 Å². The molecule has 3 heteroatoms. The van der Waals surface area contributed by atoms with Crippen molar-refractivity contribution in [2.75, 3.05) is 5.32 Å². The second kappa shape index (κ2) is 4.71. The zero-order valence-electron chi connectivity index (χ0n) is 10.4. The van der Waals surface area contributed by atoms with Gasteiger partial charge >= 0.3 is 0 Å². The van der Waals surface area contributed by atoms with Crippen LogP contribution in [-0.4, -0.2) is 5.91 Å². The Bertz CT molecular complexity index is 466. The first-order valence-corrected chi connectivity index (χ1v) is 6.83. The summed E-state index contributed by atoms with van der Waals surface area (Å²) < 4.78 is 13.4. The van der Waals surface area contributed by atoms with E-state index in [1.54, 1.807) is 12.1 Å². The molecule has 1 aromatic rings. The minimum atomic E-state index is -0.203. The number of halogens is 1. The Hall–Kier alpha value is -1.38. The van der Waals surface area contributed by atoms with Crippen LogP contribution in [0.4, 0.5) is 10.1 Å². The molecule has 2 nitrogen and oxygen atoms in total. The van der Waals surface area contributed by atoms with Crippen molar-refractivity contribution in [2.24, 2.45) is 5.92 Å². The lowest BCUT2D eigenvalue weighted by Crippen LogP contribution is -2.28. The maximum Gasteiger partial charge on any atom is 0.225 e. The van der Waals surface area contributed by atoms with Gasteiger partial charge in [0, 0.05) is 12.1 Å². The SMILES string of the molecule is O=C1CC(C2CCCCC2)c2cc(F)ccc2N1. The van der Waals surface area contributed by atoms with Crippen LogP contribution in [0, 0.1) is 11.7 Å². The third-order valence-electron chi connectivity index (χ3n) is 4.31. The first kappa shape index (κ1) is 11.7. The van der Waals surface area contributed by atoms with Gasteiger partial charge in [-0.15, -0.1) is 0 Å². The number of hydrogen-bond donors (Lipinski definition) is 1. The molecule has 0 spiro atoms. The summed E-state index contributed by atoms with van der Waals surface area (Å²) >= 11 is 0. The maximum absolute atomic E-state index is 13.4. The van der Waals surface area contributed by atoms with Gasteiger partial charge in [-0.05, 0) is 48.4 Å². The number of carbonyl (C=O) groups is 1.